The fraction of sp³-hybridized carbons (Fsp3) is 0. The highest BCUT2D eigenvalue weighted by Crippen LogP contribution is 2.42. The first-order valence-corrected chi connectivity index (χ1v) is 9.75. The Balaban J connectivity index is 1.81. The molecule has 4 aromatic carbocycles. The number of nitrogens with zero attached hydrogens (tertiary/aromatic N) is 1. The van der Waals surface area contributed by atoms with Gasteiger partial charge in [-0.2, -0.15) is 0 Å². The maximum absolute atomic E-state index is 14.3. The van der Waals surface area contributed by atoms with Crippen LogP contribution in [-0.4, -0.2) is 10.1 Å². The van der Waals surface area contributed by atoms with Crippen LogP contribution in [0.4, 0.5) is 4.39 Å². The van der Waals surface area contributed by atoms with E-state index in [-0.39, 0.29) is 11.6 Å². The molecule has 5 aromatic rings. The van der Waals surface area contributed by atoms with E-state index < -0.39 is 0 Å². The lowest BCUT2D eigenvalue weighted by atomic mass is 9.94. The van der Waals surface area contributed by atoms with Crippen molar-refractivity contribution in [2.45, 2.75) is 0 Å². The van der Waals surface area contributed by atoms with Gasteiger partial charge < -0.3 is 5.11 Å². The van der Waals surface area contributed by atoms with Crippen LogP contribution in [0, 0.1) is 5.82 Å². The molecule has 0 unspecified atom stereocenters. The van der Waals surface area contributed by atoms with E-state index in [1.807, 2.05) is 72.8 Å². The largest absolute Gasteiger partial charge is 0.507 e. The molecule has 0 saturated heterocycles. The quantitative estimate of drug-likeness (QED) is 0.356. The molecule has 1 aromatic heterocycles. The summed E-state index contributed by atoms with van der Waals surface area (Å²) in [6.07, 6.45) is 0. The van der Waals surface area contributed by atoms with Crippen molar-refractivity contribution in [2.75, 3.05) is 0 Å². The van der Waals surface area contributed by atoms with Gasteiger partial charge in [0.15, 0.2) is 0 Å². The van der Waals surface area contributed by atoms with Crippen LogP contribution in [0.25, 0.3) is 44.4 Å². The molecule has 0 amide bonds. The van der Waals surface area contributed by atoms with Crippen molar-refractivity contribution in [2.24, 2.45) is 0 Å². The zero-order valence-electron chi connectivity index (χ0n) is 16.1. The molecule has 144 valence electrons. The lowest BCUT2D eigenvalue weighted by Crippen LogP contribution is -1.93. The molecule has 0 spiro atoms. The van der Waals surface area contributed by atoms with Crippen molar-refractivity contribution < 1.29 is 9.50 Å². The fourth-order valence-electron chi connectivity index (χ4n) is 3.79. The summed E-state index contributed by atoms with van der Waals surface area (Å²) in [5.41, 5.74) is 5.03. The lowest BCUT2D eigenvalue weighted by Gasteiger charge is -2.15. The summed E-state index contributed by atoms with van der Waals surface area (Å²) < 4.78 is 14.3. The first-order valence-electron chi connectivity index (χ1n) is 9.75. The number of hydrogen-bond donors (Lipinski definition) is 1. The highest BCUT2D eigenvalue weighted by Gasteiger charge is 2.18. The standard InChI is InChI=1S/C27H18FNO/c28-23-14-8-7-13-21(23)20-15-16-24-22(17-20)27(30)25(18-9-3-1-4-10-18)26(29-24)19-11-5-2-6-12-19/h1-17H,(H,29,30). The molecule has 0 aliphatic carbocycles. The Morgan fingerprint density at radius 2 is 1.27 bits per heavy atom. The second-order valence-electron chi connectivity index (χ2n) is 7.13. The summed E-state index contributed by atoms with van der Waals surface area (Å²) in [7, 11) is 0. The van der Waals surface area contributed by atoms with Crippen molar-refractivity contribution in [3.8, 4) is 39.3 Å². The first kappa shape index (κ1) is 18.1. The summed E-state index contributed by atoms with van der Waals surface area (Å²) in [6, 6.07) is 31.6. The summed E-state index contributed by atoms with van der Waals surface area (Å²) in [4.78, 5) is 4.89. The molecule has 0 bridgehead atoms. The third-order valence-corrected chi connectivity index (χ3v) is 5.25. The van der Waals surface area contributed by atoms with Crippen molar-refractivity contribution in [3.05, 3.63) is 109 Å². The molecule has 0 radical (unpaired) electrons. The van der Waals surface area contributed by atoms with E-state index in [0.717, 1.165) is 11.1 Å². The molecule has 3 heteroatoms. The van der Waals surface area contributed by atoms with Gasteiger partial charge in [-0.3, -0.25) is 0 Å². The minimum atomic E-state index is -0.298. The van der Waals surface area contributed by atoms with Crippen LogP contribution in [0.1, 0.15) is 0 Å². The Bertz CT molecular complexity index is 1350. The highest BCUT2D eigenvalue weighted by atomic mass is 19.1. The van der Waals surface area contributed by atoms with Gasteiger partial charge in [-0.15, -0.1) is 0 Å². The Hall–Kier alpha value is -3.98. The molecule has 0 saturated carbocycles. The number of aromatic nitrogens is 1. The zero-order valence-corrected chi connectivity index (χ0v) is 16.1. The van der Waals surface area contributed by atoms with Crippen LogP contribution in [0.2, 0.25) is 0 Å². The molecule has 1 N–H and O–H groups in total. The normalized spacial score (nSPS) is 11.0. The maximum Gasteiger partial charge on any atom is 0.135 e. The molecule has 5 rings (SSSR count). The number of aromatic hydroxyl groups is 1. The van der Waals surface area contributed by atoms with Crippen LogP contribution in [0.3, 0.4) is 0 Å². The van der Waals surface area contributed by atoms with Crippen LogP contribution in [-0.2, 0) is 0 Å². The fourth-order valence-corrected chi connectivity index (χ4v) is 3.79. The Kier molecular flexibility index (Phi) is 4.49. The second kappa shape index (κ2) is 7.45. The first-order chi connectivity index (χ1) is 14.7. The van der Waals surface area contributed by atoms with Crippen LogP contribution >= 0.6 is 0 Å². The van der Waals surface area contributed by atoms with E-state index in [1.54, 1.807) is 24.3 Å². The number of rotatable bonds is 3. The molecule has 0 aliphatic rings. The predicted octanol–water partition coefficient (Wildman–Crippen LogP) is 7.08. The van der Waals surface area contributed by atoms with E-state index in [0.29, 0.717) is 33.3 Å². The van der Waals surface area contributed by atoms with Gasteiger partial charge in [0.25, 0.3) is 0 Å². The van der Waals surface area contributed by atoms with Crippen LogP contribution < -0.4 is 0 Å². The lowest BCUT2D eigenvalue weighted by molar-refractivity contribution is 0.483. The predicted molar refractivity (Wildman–Crippen MR) is 120 cm³/mol. The summed E-state index contributed by atoms with van der Waals surface area (Å²) >= 11 is 0. The number of fused-ring (bicyclic) bond motifs is 1. The van der Waals surface area contributed by atoms with Gasteiger partial charge in [0.1, 0.15) is 11.6 Å². The summed E-state index contributed by atoms with van der Waals surface area (Å²) in [5, 5.41) is 11.9. The Morgan fingerprint density at radius 3 is 1.97 bits per heavy atom. The van der Waals surface area contributed by atoms with Crippen LogP contribution in [0.5, 0.6) is 5.75 Å². The summed E-state index contributed by atoms with van der Waals surface area (Å²) in [6.45, 7) is 0. The van der Waals surface area contributed by atoms with Gasteiger partial charge in [0.2, 0.25) is 0 Å². The number of benzene rings is 4. The van der Waals surface area contributed by atoms with Gasteiger partial charge in [0, 0.05) is 16.5 Å². The molecular weight excluding hydrogens is 373 g/mol. The minimum absolute atomic E-state index is 0.142. The third kappa shape index (κ3) is 3.11. The maximum atomic E-state index is 14.3. The highest BCUT2D eigenvalue weighted by molar-refractivity contribution is 6.00. The number of halogens is 1. The van der Waals surface area contributed by atoms with Crippen LogP contribution in [0.15, 0.2) is 103 Å². The molecule has 30 heavy (non-hydrogen) atoms. The van der Waals surface area contributed by atoms with Gasteiger partial charge in [-0.05, 0) is 29.3 Å². The molecule has 2 nitrogen and oxygen atoms in total. The van der Waals surface area contributed by atoms with E-state index in [2.05, 4.69) is 0 Å². The molecule has 0 aliphatic heterocycles. The van der Waals surface area contributed by atoms with Gasteiger partial charge in [0.05, 0.1) is 16.8 Å². The van der Waals surface area contributed by atoms with E-state index >= 15 is 0 Å². The monoisotopic (exact) mass is 391 g/mol. The van der Waals surface area contributed by atoms with E-state index in [4.69, 9.17) is 4.98 Å². The van der Waals surface area contributed by atoms with Gasteiger partial charge in [-0.1, -0.05) is 84.9 Å². The molecular formula is C27H18FNO. The Morgan fingerprint density at radius 1 is 0.633 bits per heavy atom. The second-order valence-corrected chi connectivity index (χ2v) is 7.13. The minimum Gasteiger partial charge on any atom is -0.507 e. The molecule has 0 fully saturated rings. The average Bonchev–Trinajstić information content (AvgIpc) is 2.80. The van der Waals surface area contributed by atoms with Crippen molar-refractivity contribution in [1.29, 1.82) is 0 Å². The van der Waals surface area contributed by atoms with Crippen molar-refractivity contribution in [1.82, 2.24) is 4.98 Å². The smallest absolute Gasteiger partial charge is 0.135 e. The zero-order chi connectivity index (χ0) is 20.5. The van der Waals surface area contributed by atoms with Gasteiger partial charge in [-0.25, -0.2) is 9.37 Å². The number of hydrogen-bond acceptors (Lipinski definition) is 2. The van der Waals surface area contributed by atoms with Crippen molar-refractivity contribution in [3.63, 3.8) is 0 Å². The molecule has 1 heterocycles. The number of pyridine rings is 1. The average molecular weight is 391 g/mol. The van der Waals surface area contributed by atoms with Gasteiger partial charge >= 0.3 is 0 Å². The van der Waals surface area contributed by atoms with E-state index in [1.165, 1.54) is 6.07 Å². The SMILES string of the molecule is Oc1c(-c2ccccc2)c(-c2ccccc2)nc2ccc(-c3ccccc3F)cc12. The topological polar surface area (TPSA) is 33.1 Å². The third-order valence-electron chi connectivity index (χ3n) is 5.25. The summed E-state index contributed by atoms with van der Waals surface area (Å²) in [5.74, 6) is -0.156. The van der Waals surface area contributed by atoms with Crippen molar-refractivity contribution >= 4 is 10.9 Å². The molecule has 0 atom stereocenters. The Labute approximate surface area is 173 Å². The van der Waals surface area contributed by atoms with E-state index in [9.17, 15) is 9.50 Å².